The van der Waals surface area contributed by atoms with Crippen molar-refractivity contribution < 1.29 is 18.6 Å². The Hall–Kier alpha value is -3.36. The Morgan fingerprint density at radius 3 is 2.40 bits per heavy atom. The zero-order valence-corrected chi connectivity index (χ0v) is 25.0. The Kier molecular flexibility index (Phi) is 9.23. The molecular formula is C34H42F2N4O2. The van der Waals surface area contributed by atoms with Gasteiger partial charge in [-0.05, 0) is 75.6 Å². The Bertz CT molecular complexity index is 1550. The van der Waals surface area contributed by atoms with E-state index in [0.29, 0.717) is 59.9 Å². The molecule has 0 atom stereocenters. The van der Waals surface area contributed by atoms with Gasteiger partial charge >= 0.3 is 6.01 Å². The lowest BCUT2D eigenvalue weighted by atomic mass is 9.95. The van der Waals surface area contributed by atoms with Crippen molar-refractivity contribution in [3.8, 4) is 6.01 Å². The maximum atomic E-state index is 16.5. The highest BCUT2D eigenvalue weighted by molar-refractivity contribution is 6.03. The molecule has 3 aliphatic rings. The molecule has 0 spiro atoms. The smallest absolute Gasteiger partial charge is 0.319 e. The molecule has 3 aromatic rings. The number of hydrogen-bond acceptors (Lipinski definition) is 6. The first-order chi connectivity index (χ1) is 20.4. The van der Waals surface area contributed by atoms with Gasteiger partial charge in [0.1, 0.15) is 23.6 Å². The monoisotopic (exact) mass is 576 g/mol. The van der Waals surface area contributed by atoms with Crippen LogP contribution in [0.25, 0.3) is 28.2 Å². The number of aliphatic hydroxyl groups is 1. The normalized spacial score (nSPS) is 19.9. The fourth-order valence-corrected chi connectivity index (χ4v) is 6.72. The van der Waals surface area contributed by atoms with Crippen LogP contribution in [0, 0.1) is 5.82 Å². The number of allylic oxidation sites excluding steroid dienone is 1. The average molecular weight is 577 g/mol. The zero-order valence-electron chi connectivity index (χ0n) is 25.0. The van der Waals surface area contributed by atoms with Crippen molar-refractivity contribution in [1.82, 2.24) is 14.9 Å². The van der Waals surface area contributed by atoms with E-state index in [1.807, 2.05) is 20.8 Å². The Labute approximate surface area is 247 Å². The number of rotatable bonds is 6. The van der Waals surface area contributed by atoms with Crippen molar-refractivity contribution in [2.45, 2.75) is 70.9 Å². The van der Waals surface area contributed by atoms with Crippen LogP contribution in [0.4, 0.5) is 14.6 Å². The average Bonchev–Trinajstić information content (AvgIpc) is 3.61. The van der Waals surface area contributed by atoms with Crippen molar-refractivity contribution in [1.29, 1.82) is 0 Å². The summed E-state index contributed by atoms with van der Waals surface area (Å²) in [6, 6.07) is 10.2. The molecule has 0 saturated carbocycles. The van der Waals surface area contributed by atoms with E-state index in [-0.39, 0.29) is 28.6 Å². The lowest BCUT2D eigenvalue weighted by Crippen LogP contribution is -2.45. The summed E-state index contributed by atoms with van der Waals surface area (Å²) in [7, 11) is 0. The topological polar surface area (TPSA) is 61.7 Å². The lowest BCUT2D eigenvalue weighted by Gasteiger charge is -2.32. The molecule has 1 N–H and O–H groups in total. The number of anilines is 1. The molecule has 3 fully saturated rings. The van der Waals surface area contributed by atoms with E-state index >= 15 is 4.39 Å². The van der Waals surface area contributed by atoms with Gasteiger partial charge in [-0.3, -0.25) is 4.90 Å². The fraction of sp³-hybridized carbons (Fsp3) is 0.471. The van der Waals surface area contributed by atoms with Gasteiger partial charge in [-0.15, -0.1) is 0 Å². The molecule has 0 unspecified atom stereocenters. The number of aliphatic hydroxyl groups excluding tert-OH is 1. The largest absolute Gasteiger partial charge is 0.461 e. The highest BCUT2D eigenvalue weighted by Crippen LogP contribution is 2.39. The molecule has 6 nitrogen and oxygen atoms in total. The molecule has 6 rings (SSSR count). The van der Waals surface area contributed by atoms with Crippen molar-refractivity contribution in [2.75, 3.05) is 37.7 Å². The third-order valence-corrected chi connectivity index (χ3v) is 8.89. The molecule has 0 radical (unpaired) electrons. The van der Waals surface area contributed by atoms with Crippen LogP contribution in [0.5, 0.6) is 6.01 Å². The van der Waals surface area contributed by atoms with Crippen molar-refractivity contribution in [3.05, 3.63) is 64.9 Å². The summed E-state index contributed by atoms with van der Waals surface area (Å²) in [5.74, 6) is -0.495. The minimum Gasteiger partial charge on any atom is -0.461 e. The number of fused-ring (bicyclic) bond motifs is 2. The van der Waals surface area contributed by atoms with Crippen LogP contribution in [-0.2, 0) is 0 Å². The van der Waals surface area contributed by atoms with Gasteiger partial charge in [0.2, 0.25) is 0 Å². The molecule has 4 heterocycles. The molecule has 0 aliphatic carbocycles. The van der Waals surface area contributed by atoms with E-state index in [2.05, 4.69) is 21.4 Å². The maximum absolute atomic E-state index is 16.5. The maximum Gasteiger partial charge on any atom is 0.319 e. The summed E-state index contributed by atoms with van der Waals surface area (Å²) in [5, 5.41) is 11.7. The highest BCUT2D eigenvalue weighted by Gasteiger charge is 2.45. The molecular weight excluding hydrogens is 534 g/mol. The van der Waals surface area contributed by atoms with Crippen LogP contribution < -0.4 is 20.2 Å². The molecule has 224 valence electrons. The Morgan fingerprint density at radius 1 is 1.07 bits per heavy atom. The molecule has 1 aromatic heterocycles. The van der Waals surface area contributed by atoms with Gasteiger partial charge in [0.25, 0.3) is 0 Å². The van der Waals surface area contributed by atoms with Gasteiger partial charge in [-0.2, -0.15) is 9.97 Å². The van der Waals surface area contributed by atoms with E-state index in [1.165, 1.54) is 6.07 Å². The predicted molar refractivity (Wildman–Crippen MR) is 166 cm³/mol. The van der Waals surface area contributed by atoms with Gasteiger partial charge in [0, 0.05) is 29.3 Å². The van der Waals surface area contributed by atoms with Crippen LogP contribution in [0.1, 0.15) is 64.9 Å². The minimum absolute atomic E-state index is 0.0131. The summed E-state index contributed by atoms with van der Waals surface area (Å²) < 4.78 is 37.7. The van der Waals surface area contributed by atoms with Crippen LogP contribution in [-0.4, -0.2) is 64.4 Å². The summed E-state index contributed by atoms with van der Waals surface area (Å²) in [5.41, 5.74) is 0.422. The number of halogens is 2. The Balaban J connectivity index is 0.00000173. The number of nitrogens with zero attached hydrogens (tertiary/aromatic N) is 4. The Morgan fingerprint density at radius 2 is 1.74 bits per heavy atom. The van der Waals surface area contributed by atoms with E-state index in [4.69, 9.17) is 9.72 Å². The standard InChI is InChI=1S/C32H36F2N4O2.C2H6/c1-3-24-29(28(34)21(2)25-10-4-8-22-9-5-11-26(33)27(22)25)35-31(36-30(24)37-18-12-23(39)13-19-37)40-20-32-14-6-16-38(32)17-7-15-32;1-2/h3-5,8-11,23,39H,2,6-7,12-20H2,1H3;1-2H3/b24-3+,29-28-;. The van der Waals surface area contributed by atoms with Crippen LogP contribution in [0.3, 0.4) is 0 Å². The van der Waals surface area contributed by atoms with Gasteiger partial charge in [0.05, 0.1) is 11.6 Å². The quantitative estimate of drug-likeness (QED) is 0.427. The first-order valence-corrected chi connectivity index (χ1v) is 15.3. The highest BCUT2D eigenvalue weighted by atomic mass is 19.1. The van der Waals surface area contributed by atoms with Gasteiger partial charge < -0.3 is 14.7 Å². The van der Waals surface area contributed by atoms with E-state index < -0.39 is 11.6 Å². The second kappa shape index (κ2) is 12.9. The molecule has 0 amide bonds. The SMILES string of the molecule is C=C(/C(F)=c1/nc(OCC23CCCN2CCC3)nc(N2CCC(O)CC2)/c1=C/C)c1cccc2cccc(F)c12.CC. The van der Waals surface area contributed by atoms with Gasteiger partial charge in [-0.1, -0.05) is 56.8 Å². The number of aromatic nitrogens is 2. The summed E-state index contributed by atoms with van der Waals surface area (Å²) in [6.07, 6.45) is 7.07. The number of ether oxygens (including phenoxy) is 1. The van der Waals surface area contributed by atoms with E-state index in [9.17, 15) is 9.50 Å². The van der Waals surface area contributed by atoms with Crippen molar-refractivity contribution in [3.63, 3.8) is 0 Å². The minimum atomic E-state index is -0.643. The molecule has 3 aliphatic heterocycles. The van der Waals surface area contributed by atoms with Crippen LogP contribution in [0.15, 0.2) is 43.0 Å². The summed E-state index contributed by atoms with van der Waals surface area (Å²) in [4.78, 5) is 14.0. The number of benzene rings is 2. The number of piperidine rings is 1. The molecule has 8 heteroatoms. The third-order valence-electron chi connectivity index (χ3n) is 8.89. The van der Waals surface area contributed by atoms with Gasteiger partial charge in [0.15, 0.2) is 5.83 Å². The fourth-order valence-electron chi connectivity index (χ4n) is 6.72. The summed E-state index contributed by atoms with van der Waals surface area (Å²) >= 11 is 0. The van der Waals surface area contributed by atoms with E-state index in [0.717, 1.165) is 38.8 Å². The second-order valence-electron chi connectivity index (χ2n) is 11.2. The lowest BCUT2D eigenvalue weighted by molar-refractivity contribution is 0.107. The van der Waals surface area contributed by atoms with Crippen LogP contribution in [0.2, 0.25) is 0 Å². The summed E-state index contributed by atoms with van der Waals surface area (Å²) in [6.45, 7) is 13.7. The molecule has 3 saturated heterocycles. The molecule has 42 heavy (non-hydrogen) atoms. The first-order valence-electron chi connectivity index (χ1n) is 15.3. The third kappa shape index (κ3) is 5.66. The van der Waals surface area contributed by atoms with E-state index in [1.54, 1.807) is 36.4 Å². The molecule has 0 bridgehead atoms. The van der Waals surface area contributed by atoms with Gasteiger partial charge in [-0.25, -0.2) is 8.78 Å². The van der Waals surface area contributed by atoms with Crippen molar-refractivity contribution >= 4 is 34.1 Å². The second-order valence-corrected chi connectivity index (χ2v) is 11.2. The van der Waals surface area contributed by atoms with Crippen molar-refractivity contribution in [2.24, 2.45) is 0 Å². The number of hydrogen-bond donors (Lipinski definition) is 1. The van der Waals surface area contributed by atoms with Crippen LogP contribution >= 0.6 is 0 Å². The first kappa shape index (κ1) is 30.1. The zero-order chi connectivity index (χ0) is 29.9. The predicted octanol–water partition coefficient (Wildman–Crippen LogP) is 5.35. The molecule has 2 aromatic carbocycles.